The lowest BCUT2D eigenvalue weighted by molar-refractivity contribution is -0.156. The molecule has 9 nitrogen and oxygen atoms in total. The van der Waals surface area contributed by atoms with Crippen molar-refractivity contribution in [3.63, 3.8) is 0 Å². The van der Waals surface area contributed by atoms with Crippen molar-refractivity contribution in [2.24, 2.45) is 11.8 Å². The Labute approximate surface area is 192 Å². The van der Waals surface area contributed by atoms with Crippen LogP contribution in [-0.2, 0) is 19.2 Å². The molecular weight excluding hydrogens is 428 g/mol. The van der Waals surface area contributed by atoms with Crippen LogP contribution in [0, 0.1) is 11.8 Å². The predicted octanol–water partition coefficient (Wildman–Crippen LogP) is 2.35. The van der Waals surface area contributed by atoms with Crippen LogP contribution in [-0.4, -0.2) is 57.1 Å². The van der Waals surface area contributed by atoms with Crippen LogP contribution in [0.1, 0.15) is 63.5 Å². The standard InChI is InChI=1S/C24H30N2O7/c1-2-12-33-16-10-8-14(9-11-16)20-18-19(24(25-20,23(31)32)13-17(27)28)22(30)26(21(18)29)15-6-4-3-5-7-15/h8-11,15,18-20,25H,2-7,12-13H2,1H3,(H,27,28)(H,31,32). The lowest BCUT2D eigenvalue weighted by atomic mass is 9.77. The van der Waals surface area contributed by atoms with Crippen molar-refractivity contribution in [3.05, 3.63) is 29.8 Å². The Morgan fingerprint density at radius 2 is 1.76 bits per heavy atom. The third-order valence-electron chi connectivity index (χ3n) is 7.15. The molecule has 0 radical (unpaired) electrons. The summed E-state index contributed by atoms with van der Waals surface area (Å²) in [5.74, 6) is -5.37. The highest BCUT2D eigenvalue weighted by molar-refractivity contribution is 6.10. The van der Waals surface area contributed by atoms with Gasteiger partial charge in [-0.3, -0.25) is 29.4 Å². The lowest BCUT2D eigenvalue weighted by Gasteiger charge is -2.34. The Morgan fingerprint density at radius 3 is 2.33 bits per heavy atom. The number of aliphatic carboxylic acids is 2. The third-order valence-corrected chi connectivity index (χ3v) is 7.15. The molecule has 1 saturated carbocycles. The van der Waals surface area contributed by atoms with Crippen molar-refractivity contribution < 1.29 is 34.1 Å². The number of hydrogen-bond acceptors (Lipinski definition) is 6. The molecule has 3 N–H and O–H groups in total. The van der Waals surface area contributed by atoms with Crippen LogP contribution in [0.15, 0.2) is 24.3 Å². The minimum absolute atomic E-state index is 0.258. The summed E-state index contributed by atoms with van der Waals surface area (Å²) in [4.78, 5) is 52.5. The van der Waals surface area contributed by atoms with Crippen LogP contribution in [0.4, 0.5) is 0 Å². The molecular formula is C24H30N2O7. The van der Waals surface area contributed by atoms with E-state index in [1.165, 1.54) is 4.90 Å². The normalized spacial score (nSPS) is 29.8. The van der Waals surface area contributed by atoms with E-state index in [0.717, 1.165) is 25.7 Å². The molecule has 2 saturated heterocycles. The van der Waals surface area contributed by atoms with Gasteiger partial charge in [0.25, 0.3) is 0 Å². The highest BCUT2D eigenvalue weighted by Crippen LogP contribution is 2.51. The number of imide groups is 1. The zero-order valence-corrected chi connectivity index (χ0v) is 18.7. The van der Waals surface area contributed by atoms with Crippen LogP contribution in [0.5, 0.6) is 5.75 Å². The number of rotatable bonds is 8. The SMILES string of the molecule is CCCOc1ccc(C2NC(CC(=O)O)(C(=O)O)C3C(=O)N(C4CCCCC4)C(=O)C23)cc1. The first-order valence-corrected chi connectivity index (χ1v) is 11.6. The second-order valence-electron chi connectivity index (χ2n) is 9.23. The molecule has 4 atom stereocenters. The number of carbonyl (C=O) groups is 4. The Kier molecular flexibility index (Phi) is 6.43. The van der Waals surface area contributed by atoms with E-state index in [1.807, 2.05) is 6.92 Å². The van der Waals surface area contributed by atoms with Gasteiger partial charge >= 0.3 is 11.9 Å². The van der Waals surface area contributed by atoms with Gasteiger partial charge in [0.1, 0.15) is 11.3 Å². The van der Waals surface area contributed by atoms with E-state index < -0.39 is 53.6 Å². The number of carboxylic acids is 2. The van der Waals surface area contributed by atoms with Crippen molar-refractivity contribution in [3.8, 4) is 5.75 Å². The molecule has 1 aromatic carbocycles. The van der Waals surface area contributed by atoms with Crippen molar-refractivity contribution in [1.82, 2.24) is 10.2 Å². The number of nitrogens with zero attached hydrogens (tertiary/aromatic N) is 1. The fourth-order valence-electron chi connectivity index (χ4n) is 5.68. The minimum atomic E-state index is -2.06. The van der Waals surface area contributed by atoms with Gasteiger partial charge in [0.2, 0.25) is 11.8 Å². The Morgan fingerprint density at radius 1 is 1.09 bits per heavy atom. The van der Waals surface area contributed by atoms with Crippen molar-refractivity contribution in [2.45, 2.75) is 69.5 Å². The fraction of sp³-hybridized carbons (Fsp3) is 0.583. The largest absolute Gasteiger partial charge is 0.494 e. The molecule has 33 heavy (non-hydrogen) atoms. The molecule has 4 rings (SSSR count). The number of fused-ring (bicyclic) bond motifs is 1. The number of ether oxygens (including phenoxy) is 1. The summed E-state index contributed by atoms with van der Waals surface area (Å²) in [7, 11) is 0. The van der Waals surface area contributed by atoms with E-state index in [-0.39, 0.29) is 6.04 Å². The molecule has 178 valence electrons. The average molecular weight is 459 g/mol. The van der Waals surface area contributed by atoms with Gasteiger partial charge in [-0.15, -0.1) is 0 Å². The Balaban J connectivity index is 1.74. The lowest BCUT2D eigenvalue weighted by Crippen LogP contribution is -2.57. The second kappa shape index (κ2) is 9.13. The summed E-state index contributed by atoms with van der Waals surface area (Å²) >= 11 is 0. The van der Waals surface area contributed by atoms with E-state index in [2.05, 4.69) is 5.32 Å². The molecule has 2 heterocycles. The first-order valence-electron chi connectivity index (χ1n) is 11.6. The molecule has 2 aliphatic heterocycles. The maximum Gasteiger partial charge on any atom is 0.325 e. The van der Waals surface area contributed by atoms with E-state index in [4.69, 9.17) is 4.74 Å². The highest BCUT2D eigenvalue weighted by Gasteiger charge is 2.69. The van der Waals surface area contributed by atoms with E-state index in [0.29, 0.717) is 30.8 Å². The van der Waals surface area contributed by atoms with Crippen LogP contribution in [0.3, 0.4) is 0 Å². The molecule has 1 aliphatic carbocycles. The Hall–Kier alpha value is -2.94. The minimum Gasteiger partial charge on any atom is -0.494 e. The van der Waals surface area contributed by atoms with Crippen LogP contribution in [0.25, 0.3) is 0 Å². The quantitative estimate of drug-likeness (QED) is 0.506. The number of benzene rings is 1. The predicted molar refractivity (Wildman–Crippen MR) is 116 cm³/mol. The Bertz CT molecular complexity index is 941. The van der Waals surface area contributed by atoms with Gasteiger partial charge in [-0.2, -0.15) is 0 Å². The number of hydrogen-bond donors (Lipinski definition) is 3. The maximum atomic E-state index is 13.6. The van der Waals surface area contributed by atoms with E-state index in [1.54, 1.807) is 24.3 Å². The summed E-state index contributed by atoms with van der Waals surface area (Å²) in [5, 5.41) is 22.6. The van der Waals surface area contributed by atoms with Crippen LogP contribution >= 0.6 is 0 Å². The summed E-state index contributed by atoms with van der Waals surface area (Å²) in [6.45, 7) is 2.54. The van der Waals surface area contributed by atoms with Crippen molar-refractivity contribution in [1.29, 1.82) is 0 Å². The summed E-state index contributed by atoms with van der Waals surface area (Å²) in [6.07, 6.45) is 4.27. The van der Waals surface area contributed by atoms with E-state index >= 15 is 0 Å². The summed E-state index contributed by atoms with van der Waals surface area (Å²) in [5.41, 5.74) is -1.44. The molecule has 1 aromatic rings. The van der Waals surface area contributed by atoms with Gasteiger partial charge in [-0.1, -0.05) is 38.3 Å². The molecule has 3 fully saturated rings. The zero-order chi connectivity index (χ0) is 23.8. The molecule has 9 heteroatoms. The molecule has 0 aromatic heterocycles. The monoisotopic (exact) mass is 458 g/mol. The van der Waals surface area contributed by atoms with E-state index in [9.17, 15) is 29.4 Å². The maximum absolute atomic E-state index is 13.6. The average Bonchev–Trinajstić information content (AvgIpc) is 3.27. The molecule has 3 aliphatic rings. The van der Waals surface area contributed by atoms with Gasteiger partial charge in [0, 0.05) is 12.1 Å². The molecule has 4 unspecified atom stereocenters. The second-order valence-corrected chi connectivity index (χ2v) is 9.23. The van der Waals surface area contributed by atoms with Gasteiger partial charge in [0.15, 0.2) is 0 Å². The van der Waals surface area contributed by atoms with Crippen LogP contribution in [0.2, 0.25) is 0 Å². The van der Waals surface area contributed by atoms with Crippen molar-refractivity contribution in [2.75, 3.05) is 6.61 Å². The van der Waals surface area contributed by atoms with Crippen LogP contribution < -0.4 is 10.1 Å². The summed E-state index contributed by atoms with van der Waals surface area (Å²) in [6, 6.07) is 5.89. The van der Waals surface area contributed by atoms with Gasteiger partial charge in [-0.05, 0) is 37.0 Å². The number of nitrogens with one attached hydrogen (secondary N) is 1. The number of carbonyl (C=O) groups excluding carboxylic acids is 2. The van der Waals surface area contributed by atoms with Crippen molar-refractivity contribution >= 4 is 23.8 Å². The molecule has 0 bridgehead atoms. The van der Waals surface area contributed by atoms with Gasteiger partial charge < -0.3 is 14.9 Å². The topological polar surface area (TPSA) is 133 Å². The molecule has 2 amide bonds. The van der Waals surface area contributed by atoms with Gasteiger partial charge in [-0.25, -0.2) is 0 Å². The highest BCUT2D eigenvalue weighted by atomic mass is 16.5. The first kappa shape index (κ1) is 23.2. The number of likely N-dealkylation sites (tertiary alicyclic amines) is 1. The fourth-order valence-corrected chi connectivity index (χ4v) is 5.68. The zero-order valence-electron chi connectivity index (χ0n) is 18.7. The first-order chi connectivity index (χ1) is 15.8. The smallest absolute Gasteiger partial charge is 0.325 e. The third kappa shape index (κ3) is 3.99. The van der Waals surface area contributed by atoms with Gasteiger partial charge in [0.05, 0.1) is 24.9 Å². The number of amides is 2. The molecule has 0 spiro atoms. The number of carboxylic acid groups (broad SMARTS) is 2. The summed E-state index contributed by atoms with van der Waals surface area (Å²) < 4.78 is 5.60.